The van der Waals surface area contributed by atoms with E-state index in [1.807, 2.05) is 0 Å². The predicted octanol–water partition coefficient (Wildman–Crippen LogP) is 2.07. The molecule has 6 nitrogen and oxygen atoms in total. The van der Waals surface area contributed by atoms with Gasteiger partial charge in [-0.2, -0.15) is 4.98 Å². The Hall–Kier alpha value is -1.43. The van der Waals surface area contributed by atoms with Gasteiger partial charge in [-0.05, 0) is 45.2 Å². The van der Waals surface area contributed by atoms with Crippen molar-refractivity contribution in [2.45, 2.75) is 64.5 Å². The Morgan fingerprint density at radius 2 is 2.05 bits per heavy atom. The van der Waals surface area contributed by atoms with Gasteiger partial charge in [0, 0.05) is 17.9 Å². The van der Waals surface area contributed by atoms with E-state index >= 15 is 0 Å². The molecule has 1 aliphatic carbocycles. The van der Waals surface area contributed by atoms with Crippen molar-refractivity contribution in [3.63, 3.8) is 0 Å². The maximum absolute atomic E-state index is 12.2. The number of piperidine rings is 1. The molecule has 1 amide bonds. The third kappa shape index (κ3) is 3.66. The molecule has 0 spiro atoms. The lowest BCUT2D eigenvalue weighted by molar-refractivity contribution is -0.127. The maximum Gasteiger partial charge on any atom is 0.240 e. The summed E-state index contributed by atoms with van der Waals surface area (Å²) in [5, 5.41) is 7.16. The summed E-state index contributed by atoms with van der Waals surface area (Å²) < 4.78 is 5.30. The van der Waals surface area contributed by atoms with Gasteiger partial charge in [-0.3, -0.25) is 9.69 Å². The summed E-state index contributed by atoms with van der Waals surface area (Å²) in [6.45, 7) is 6.64. The van der Waals surface area contributed by atoms with Crippen molar-refractivity contribution >= 4 is 5.91 Å². The largest absolute Gasteiger partial charge is 0.353 e. The first-order valence-electron chi connectivity index (χ1n) is 8.47. The molecule has 0 unspecified atom stereocenters. The minimum Gasteiger partial charge on any atom is -0.353 e. The van der Waals surface area contributed by atoms with Crippen LogP contribution in [0.2, 0.25) is 0 Å². The average Bonchev–Trinajstić information content (AvgIpc) is 2.92. The monoisotopic (exact) mass is 306 g/mol. The first kappa shape index (κ1) is 15.5. The number of likely N-dealkylation sites (tertiary alicyclic amines) is 1. The number of hydrogen-bond donors (Lipinski definition) is 1. The molecule has 2 fully saturated rings. The molecule has 122 valence electrons. The molecule has 1 aromatic heterocycles. The molecule has 0 atom stereocenters. The molecule has 3 rings (SSSR count). The maximum atomic E-state index is 12.2. The first-order valence-corrected chi connectivity index (χ1v) is 8.47. The summed E-state index contributed by atoms with van der Waals surface area (Å²) in [5.74, 6) is 2.17. The Morgan fingerprint density at radius 3 is 2.59 bits per heavy atom. The van der Waals surface area contributed by atoms with Gasteiger partial charge in [0.1, 0.15) is 0 Å². The Bertz CT molecular complexity index is 502. The van der Waals surface area contributed by atoms with E-state index in [1.165, 1.54) is 6.42 Å². The van der Waals surface area contributed by atoms with Crippen LogP contribution in [-0.4, -0.2) is 40.1 Å². The van der Waals surface area contributed by atoms with E-state index in [-0.39, 0.29) is 11.8 Å². The van der Waals surface area contributed by atoms with E-state index < -0.39 is 0 Å². The lowest BCUT2D eigenvalue weighted by Gasteiger charge is -2.33. The molecule has 2 aliphatic rings. The second-order valence-electron chi connectivity index (χ2n) is 6.89. The van der Waals surface area contributed by atoms with Crippen molar-refractivity contribution in [2.24, 2.45) is 5.92 Å². The molecule has 0 bridgehead atoms. The zero-order chi connectivity index (χ0) is 15.5. The number of amides is 1. The minimum absolute atomic E-state index is 0.172. The fourth-order valence-corrected chi connectivity index (χ4v) is 2.98. The number of hydrogen-bond acceptors (Lipinski definition) is 5. The smallest absolute Gasteiger partial charge is 0.240 e. The normalized spacial score (nSPS) is 21.0. The van der Waals surface area contributed by atoms with Gasteiger partial charge in [0.2, 0.25) is 11.8 Å². The molecular weight excluding hydrogens is 280 g/mol. The minimum atomic E-state index is 0.172. The van der Waals surface area contributed by atoms with E-state index in [0.717, 1.165) is 44.6 Å². The van der Waals surface area contributed by atoms with E-state index in [9.17, 15) is 4.79 Å². The number of aromatic nitrogens is 2. The lowest BCUT2D eigenvalue weighted by Crippen LogP contribution is -2.45. The van der Waals surface area contributed by atoms with Crippen LogP contribution in [0, 0.1) is 5.92 Å². The van der Waals surface area contributed by atoms with Gasteiger partial charge < -0.3 is 9.84 Å². The second-order valence-corrected chi connectivity index (χ2v) is 6.89. The van der Waals surface area contributed by atoms with Crippen LogP contribution in [0.5, 0.6) is 0 Å². The van der Waals surface area contributed by atoms with Crippen molar-refractivity contribution in [1.82, 2.24) is 20.4 Å². The molecule has 6 heteroatoms. The lowest BCUT2D eigenvalue weighted by atomic mass is 9.90. The van der Waals surface area contributed by atoms with Crippen LogP contribution < -0.4 is 5.32 Å². The van der Waals surface area contributed by atoms with Crippen LogP contribution in [0.1, 0.15) is 63.6 Å². The third-order valence-electron chi connectivity index (χ3n) is 4.77. The fraction of sp³-hybridized carbons (Fsp3) is 0.812. The molecule has 1 aromatic rings. The van der Waals surface area contributed by atoms with Gasteiger partial charge in [-0.15, -0.1) is 0 Å². The Balaban J connectivity index is 1.43. The van der Waals surface area contributed by atoms with Crippen LogP contribution in [0.4, 0.5) is 0 Å². The van der Waals surface area contributed by atoms with Gasteiger partial charge in [0.25, 0.3) is 0 Å². The second kappa shape index (κ2) is 6.77. The Kier molecular flexibility index (Phi) is 4.76. The SMILES string of the molecule is CC(C)c1noc(CN2CCC(C(=O)NC3CCC3)CC2)n1. The molecule has 1 saturated carbocycles. The summed E-state index contributed by atoms with van der Waals surface area (Å²) in [5.41, 5.74) is 0. The molecule has 1 saturated heterocycles. The summed E-state index contributed by atoms with van der Waals surface area (Å²) in [4.78, 5) is 18.9. The van der Waals surface area contributed by atoms with Crippen molar-refractivity contribution in [1.29, 1.82) is 0 Å². The number of nitrogens with one attached hydrogen (secondary N) is 1. The molecule has 22 heavy (non-hydrogen) atoms. The Morgan fingerprint density at radius 1 is 1.32 bits per heavy atom. The van der Waals surface area contributed by atoms with Gasteiger partial charge in [0.05, 0.1) is 6.54 Å². The molecular formula is C16H26N4O2. The predicted molar refractivity (Wildman–Crippen MR) is 82.2 cm³/mol. The highest BCUT2D eigenvalue weighted by Crippen LogP contribution is 2.22. The summed E-state index contributed by atoms with van der Waals surface area (Å²) in [7, 11) is 0. The quantitative estimate of drug-likeness (QED) is 0.901. The Labute approximate surface area is 131 Å². The molecule has 0 radical (unpaired) electrons. The summed E-state index contributed by atoms with van der Waals surface area (Å²) in [6.07, 6.45) is 5.40. The zero-order valence-electron chi connectivity index (χ0n) is 13.5. The van der Waals surface area contributed by atoms with Gasteiger partial charge >= 0.3 is 0 Å². The number of nitrogens with zero attached hydrogens (tertiary/aromatic N) is 3. The molecule has 2 heterocycles. The van der Waals surface area contributed by atoms with E-state index in [2.05, 4.69) is 34.2 Å². The summed E-state index contributed by atoms with van der Waals surface area (Å²) in [6, 6.07) is 0.443. The van der Waals surface area contributed by atoms with Crippen LogP contribution in [0.15, 0.2) is 4.52 Å². The van der Waals surface area contributed by atoms with Crippen molar-refractivity contribution in [3.05, 3.63) is 11.7 Å². The highest BCUT2D eigenvalue weighted by atomic mass is 16.5. The van der Waals surface area contributed by atoms with Gasteiger partial charge in [-0.1, -0.05) is 19.0 Å². The van der Waals surface area contributed by atoms with E-state index in [0.29, 0.717) is 24.4 Å². The number of carbonyl (C=O) groups is 1. The number of carbonyl (C=O) groups excluding carboxylic acids is 1. The fourth-order valence-electron chi connectivity index (χ4n) is 2.98. The third-order valence-corrected chi connectivity index (χ3v) is 4.77. The number of rotatable bonds is 5. The highest BCUT2D eigenvalue weighted by molar-refractivity contribution is 5.79. The molecule has 0 aromatic carbocycles. The summed E-state index contributed by atoms with van der Waals surface area (Å²) >= 11 is 0. The topological polar surface area (TPSA) is 71.3 Å². The van der Waals surface area contributed by atoms with Crippen LogP contribution in [0.3, 0.4) is 0 Å². The van der Waals surface area contributed by atoms with E-state index in [1.54, 1.807) is 0 Å². The van der Waals surface area contributed by atoms with Crippen molar-refractivity contribution in [3.8, 4) is 0 Å². The standard InChI is InChI=1S/C16H26N4O2/c1-11(2)15-18-14(22-19-15)10-20-8-6-12(7-9-20)16(21)17-13-4-3-5-13/h11-13H,3-10H2,1-2H3,(H,17,21). The molecule has 1 N–H and O–H groups in total. The van der Waals surface area contributed by atoms with Gasteiger partial charge in [0.15, 0.2) is 5.82 Å². The van der Waals surface area contributed by atoms with E-state index in [4.69, 9.17) is 4.52 Å². The van der Waals surface area contributed by atoms with Crippen molar-refractivity contribution < 1.29 is 9.32 Å². The zero-order valence-corrected chi connectivity index (χ0v) is 13.5. The van der Waals surface area contributed by atoms with Gasteiger partial charge in [-0.25, -0.2) is 0 Å². The average molecular weight is 306 g/mol. The van der Waals surface area contributed by atoms with Crippen LogP contribution in [0.25, 0.3) is 0 Å². The first-order chi connectivity index (χ1) is 10.6. The van der Waals surface area contributed by atoms with Crippen LogP contribution >= 0.6 is 0 Å². The van der Waals surface area contributed by atoms with Crippen molar-refractivity contribution in [2.75, 3.05) is 13.1 Å². The van der Waals surface area contributed by atoms with Crippen LogP contribution in [-0.2, 0) is 11.3 Å². The highest BCUT2D eigenvalue weighted by Gasteiger charge is 2.28. The molecule has 1 aliphatic heterocycles.